The highest BCUT2D eigenvalue weighted by atomic mass is 14.9. The van der Waals surface area contributed by atoms with Crippen LogP contribution in [0.15, 0.2) is 0 Å². The lowest BCUT2D eigenvalue weighted by molar-refractivity contribution is 0.386. The first-order valence-corrected chi connectivity index (χ1v) is 6.44. The van der Waals surface area contributed by atoms with Crippen molar-refractivity contribution < 1.29 is 0 Å². The highest BCUT2D eigenvalue weighted by Crippen LogP contribution is 2.37. The van der Waals surface area contributed by atoms with Crippen LogP contribution < -0.4 is 5.32 Å². The zero-order chi connectivity index (χ0) is 10.7. The van der Waals surface area contributed by atoms with Crippen molar-refractivity contribution in [1.29, 1.82) is 5.26 Å². The molecule has 0 saturated heterocycles. The summed E-state index contributed by atoms with van der Waals surface area (Å²) in [6.07, 6.45) is 7.56. The molecule has 2 rings (SSSR count). The minimum Gasteiger partial charge on any atom is -0.312 e. The fraction of sp³-hybridized carbons (Fsp3) is 0.923. The molecule has 0 aromatic rings. The van der Waals surface area contributed by atoms with Crippen molar-refractivity contribution in [3.8, 4) is 6.07 Å². The highest BCUT2D eigenvalue weighted by Gasteiger charge is 2.33. The standard InChI is InChI=1S/C13H22N2/c1-10-7-12(10)9-15-13-6-4-2-3-5-11(13)8-14/h10-13,15H,2-7,9H2,1H3. The minimum absolute atomic E-state index is 0.265. The molecule has 15 heavy (non-hydrogen) atoms. The summed E-state index contributed by atoms with van der Waals surface area (Å²) in [6, 6.07) is 2.96. The molecule has 0 bridgehead atoms. The summed E-state index contributed by atoms with van der Waals surface area (Å²) < 4.78 is 0. The van der Waals surface area contributed by atoms with Gasteiger partial charge in [0.2, 0.25) is 0 Å². The normalized spacial score (nSPS) is 40.5. The Bertz CT molecular complexity index is 243. The predicted octanol–water partition coefficient (Wildman–Crippen LogP) is 2.70. The van der Waals surface area contributed by atoms with Gasteiger partial charge in [-0.25, -0.2) is 0 Å². The molecule has 0 aromatic heterocycles. The smallest absolute Gasteiger partial charge is 0.0672 e. The van der Waals surface area contributed by atoms with E-state index < -0.39 is 0 Å². The second kappa shape index (κ2) is 4.99. The minimum atomic E-state index is 0.265. The molecule has 0 spiro atoms. The van der Waals surface area contributed by atoms with E-state index in [2.05, 4.69) is 18.3 Å². The Kier molecular flexibility index (Phi) is 3.64. The van der Waals surface area contributed by atoms with E-state index in [1.54, 1.807) is 0 Å². The number of rotatable bonds is 3. The molecule has 2 saturated carbocycles. The number of nitriles is 1. The van der Waals surface area contributed by atoms with E-state index in [0.717, 1.165) is 24.8 Å². The predicted molar refractivity (Wildman–Crippen MR) is 61.2 cm³/mol. The zero-order valence-corrected chi connectivity index (χ0v) is 9.71. The van der Waals surface area contributed by atoms with E-state index in [0.29, 0.717) is 6.04 Å². The topological polar surface area (TPSA) is 35.8 Å². The van der Waals surface area contributed by atoms with E-state index in [1.807, 2.05) is 0 Å². The van der Waals surface area contributed by atoms with E-state index in [4.69, 9.17) is 5.26 Å². The summed E-state index contributed by atoms with van der Waals surface area (Å²) in [4.78, 5) is 0. The van der Waals surface area contributed by atoms with Crippen molar-refractivity contribution in [3.05, 3.63) is 0 Å². The summed E-state index contributed by atoms with van der Waals surface area (Å²) in [6.45, 7) is 3.46. The monoisotopic (exact) mass is 206 g/mol. The number of hydrogen-bond donors (Lipinski definition) is 1. The van der Waals surface area contributed by atoms with Gasteiger partial charge in [-0.2, -0.15) is 5.26 Å². The van der Waals surface area contributed by atoms with Gasteiger partial charge in [-0.15, -0.1) is 0 Å². The molecule has 0 aliphatic heterocycles. The third-order valence-corrected chi connectivity index (χ3v) is 4.10. The first kappa shape index (κ1) is 11.0. The van der Waals surface area contributed by atoms with Crippen molar-refractivity contribution in [2.24, 2.45) is 17.8 Å². The lowest BCUT2D eigenvalue weighted by atomic mass is 9.96. The molecule has 2 aliphatic rings. The van der Waals surface area contributed by atoms with Crippen LogP contribution in [-0.4, -0.2) is 12.6 Å². The molecule has 2 heteroatoms. The van der Waals surface area contributed by atoms with Crippen LogP contribution in [0.5, 0.6) is 0 Å². The molecule has 2 aliphatic carbocycles. The quantitative estimate of drug-likeness (QED) is 0.721. The van der Waals surface area contributed by atoms with Crippen LogP contribution in [0.1, 0.15) is 45.4 Å². The van der Waals surface area contributed by atoms with E-state index in [-0.39, 0.29) is 5.92 Å². The van der Waals surface area contributed by atoms with Crippen molar-refractivity contribution in [2.45, 2.75) is 51.5 Å². The van der Waals surface area contributed by atoms with Crippen LogP contribution in [-0.2, 0) is 0 Å². The van der Waals surface area contributed by atoms with Gasteiger partial charge in [0, 0.05) is 6.04 Å². The highest BCUT2D eigenvalue weighted by molar-refractivity contribution is 4.95. The molecule has 0 radical (unpaired) electrons. The molecule has 0 aromatic carbocycles. The Hall–Kier alpha value is -0.550. The lowest BCUT2D eigenvalue weighted by Gasteiger charge is -2.20. The maximum atomic E-state index is 9.13. The summed E-state index contributed by atoms with van der Waals surface area (Å²) in [5.74, 6) is 2.08. The Morgan fingerprint density at radius 3 is 2.67 bits per heavy atom. The molecule has 4 unspecified atom stereocenters. The van der Waals surface area contributed by atoms with E-state index >= 15 is 0 Å². The second-order valence-corrected chi connectivity index (χ2v) is 5.36. The van der Waals surface area contributed by atoms with Gasteiger partial charge < -0.3 is 5.32 Å². The molecule has 2 nitrogen and oxygen atoms in total. The molecule has 0 heterocycles. The van der Waals surface area contributed by atoms with Crippen molar-refractivity contribution >= 4 is 0 Å². The average Bonchev–Trinajstić information content (AvgIpc) is 2.97. The summed E-state index contributed by atoms with van der Waals surface area (Å²) in [5, 5.41) is 12.8. The van der Waals surface area contributed by atoms with Crippen LogP contribution in [0, 0.1) is 29.1 Å². The fourth-order valence-corrected chi connectivity index (χ4v) is 2.69. The first-order valence-electron chi connectivity index (χ1n) is 6.44. The van der Waals surface area contributed by atoms with Crippen LogP contribution >= 0.6 is 0 Å². The molecular formula is C13H22N2. The second-order valence-electron chi connectivity index (χ2n) is 5.36. The van der Waals surface area contributed by atoms with Gasteiger partial charge >= 0.3 is 0 Å². The van der Waals surface area contributed by atoms with Gasteiger partial charge in [-0.3, -0.25) is 0 Å². The fourth-order valence-electron chi connectivity index (χ4n) is 2.69. The Morgan fingerprint density at radius 1 is 1.27 bits per heavy atom. The Morgan fingerprint density at radius 2 is 2.00 bits per heavy atom. The molecule has 4 atom stereocenters. The van der Waals surface area contributed by atoms with Gasteiger partial charge in [0.1, 0.15) is 0 Å². The van der Waals surface area contributed by atoms with Gasteiger partial charge in [0.05, 0.1) is 12.0 Å². The summed E-state index contributed by atoms with van der Waals surface area (Å²) in [7, 11) is 0. The van der Waals surface area contributed by atoms with Gasteiger partial charge in [0.15, 0.2) is 0 Å². The number of nitrogens with zero attached hydrogens (tertiary/aromatic N) is 1. The molecule has 84 valence electrons. The lowest BCUT2D eigenvalue weighted by Crippen LogP contribution is -2.36. The largest absolute Gasteiger partial charge is 0.312 e. The zero-order valence-electron chi connectivity index (χ0n) is 9.71. The molecule has 1 N–H and O–H groups in total. The van der Waals surface area contributed by atoms with Crippen molar-refractivity contribution in [2.75, 3.05) is 6.54 Å². The summed E-state index contributed by atoms with van der Waals surface area (Å²) in [5.41, 5.74) is 0. The van der Waals surface area contributed by atoms with Crippen molar-refractivity contribution in [3.63, 3.8) is 0 Å². The van der Waals surface area contributed by atoms with Gasteiger partial charge in [-0.05, 0) is 37.6 Å². The summed E-state index contributed by atoms with van der Waals surface area (Å²) >= 11 is 0. The maximum Gasteiger partial charge on any atom is 0.0672 e. The van der Waals surface area contributed by atoms with E-state index in [1.165, 1.54) is 32.1 Å². The van der Waals surface area contributed by atoms with Crippen LogP contribution in [0.4, 0.5) is 0 Å². The number of hydrogen-bond acceptors (Lipinski definition) is 2. The molecule has 0 amide bonds. The van der Waals surface area contributed by atoms with Crippen molar-refractivity contribution in [1.82, 2.24) is 5.32 Å². The maximum absolute atomic E-state index is 9.13. The van der Waals surface area contributed by atoms with Gasteiger partial charge in [-0.1, -0.05) is 26.2 Å². The third kappa shape index (κ3) is 2.95. The Balaban J connectivity index is 1.79. The Labute approximate surface area is 93.0 Å². The van der Waals surface area contributed by atoms with Crippen LogP contribution in [0.25, 0.3) is 0 Å². The van der Waals surface area contributed by atoms with Gasteiger partial charge in [0.25, 0.3) is 0 Å². The average molecular weight is 206 g/mol. The molecular weight excluding hydrogens is 184 g/mol. The number of nitrogens with one attached hydrogen (secondary N) is 1. The van der Waals surface area contributed by atoms with Crippen LogP contribution in [0.3, 0.4) is 0 Å². The SMILES string of the molecule is CC1CC1CNC1CCCCCC1C#N. The third-order valence-electron chi connectivity index (χ3n) is 4.10. The van der Waals surface area contributed by atoms with Crippen LogP contribution in [0.2, 0.25) is 0 Å². The first-order chi connectivity index (χ1) is 7.31. The molecule has 2 fully saturated rings. The van der Waals surface area contributed by atoms with E-state index in [9.17, 15) is 0 Å².